The first kappa shape index (κ1) is 15.0. The Balaban J connectivity index is 2.04. The number of nitrogens with two attached hydrogens (primary N) is 1. The van der Waals surface area contributed by atoms with Gasteiger partial charge in [0.1, 0.15) is 4.90 Å². The van der Waals surface area contributed by atoms with Crippen molar-refractivity contribution in [2.24, 2.45) is 5.73 Å². The second-order valence-electron chi connectivity index (χ2n) is 4.81. The molecule has 118 valence electrons. The number of fused-ring (bicyclic) bond motifs is 1. The minimum atomic E-state index is -3.95. The minimum absolute atomic E-state index is 0.0735. The molecule has 9 heteroatoms. The average molecular weight is 332 g/mol. The van der Waals surface area contributed by atoms with Gasteiger partial charge in [-0.2, -0.15) is 0 Å². The number of hydrogen-bond acceptors (Lipinski definition) is 6. The summed E-state index contributed by atoms with van der Waals surface area (Å²) in [4.78, 5) is 15.2. The van der Waals surface area contributed by atoms with Gasteiger partial charge in [0.25, 0.3) is 21.6 Å². The maximum Gasteiger partial charge on any atom is 0.263 e. The van der Waals surface area contributed by atoms with E-state index in [2.05, 4.69) is 14.9 Å². The van der Waals surface area contributed by atoms with Crippen molar-refractivity contribution in [1.29, 1.82) is 0 Å². The molecule has 2 heterocycles. The molecule has 1 aromatic carbocycles. The zero-order valence-electron chi connectivity index (χ0n) is 12.0. The summed E-state index contributed by atoms with van der Waals surface area (Å²) in [5.74, 6) is -0.730. The lowest BCUT2D eigenvalue weighted by molar-refractivity contribution is 0.100. The Bertz CT molecular complexity index is 1010. The highest BCUT2D eigenvalue weighted by Gasteiger charge is 2.19. The number of sulfonamides is 1. The van der Waals surface area contributed by atoms with Crippen molar-refractivity contribution in [2.75, 3.05) is 4.72 Å². The largest absolute Gasteiger partial charge is 0.366 e. The number of primary amides is 1. The Morgan fingerprint density at radius 3 is 2.78 bits per heavy atom. The van der Waals surface area contributed by atoms with Crippen molar-refractivity contribution in [3.63, 3.8) is 0 Å². The molecule has 3 rings (SSSR count). The Morgan fingerprint density at radius 2 is 2.04 bits per heavy atom. The molecule has 0 aliphatic carbocycles. The Labute approximate surface area is 131 Å². The third-order valence-electron chi connectivity index (χ3n) is 3.23. The summed E-state index contributed by atoms with van der Waals surface area (Å²) in [6.45, 7) is 1.68. The van der Waals surface area contributed by atoms with Gasteiger partial charge in [-0.25, -0.2) is 13.4 Å². The monoisotopic (exact) mass is 332 g/mol. The normalized spacial score (nSPS) is 11.5. The quantitative estimate of drug-likeness (QED) is 0.743. The smallest absolute Gasteiger partial charge is 0.263 e. The van der Waals surface area contributed by atoms with Gasteiger partial charge < -0.3 is 10.3 Å². The molecule has 2 aromatic heterocycles. The van der Waals surface area contributed by atoms with Gasteiger partial charge >= 0.3 is 0 Å². The lowest BCUT2D eigenvalue weighted by atomic mass is 10.2. The number of rotatable bonds is 4. The van der Waals surface area contributed by atoms with Crippen molar-refractivity contribution < 1.29 is 17.7 Å². The van der Waals surface area contributed by atoms with Crippen LogP contribution in [-0.4, -0.2) is 24.5 Å². The molecule has 3 N–H and O–H groups in total. The number of pyridine rings is 1. The van der Waals surface area contributed by atoms with Crippen LogP contribution < -0.4 is 10.5 Å². The molecule has 23 heavy (non-hydrogen) atoms. The van der Waals surface area contributed by atoms with Crippen molar-refractivity contribution in [1.82, 2.24) is 10.1 Å². The second-order valence-corrected chi connectivity index (χ2v) is 6.49. The van der Waals surface area contributed by atoms with E-state index in [1.54, 1.807) is 19.1 Å². The van der Waals surface area contributed by atoms with Gasteiger partial charge in [0, 0.05) is 0 Å². The lowest BCUT2D eigenvalue weighted by Gasteiger charge is -2.10. The maximum absolute atomic E-state index is 12.5. The van der Waals surface area contributed by atoms with E-state index in [0.717, 1.165) is 6.20 Å². The third kappa shape index (κ3) is 2.73. The standard InChI is InChI=1S/C14H12N4O4S/c1-8-11-6-9(7-16-14(11)22-17-8)23(20,21)18-12-5-3-2-4-10(12)13(15)19/h2-7,18H,1H3,(H2,15,19). The van der Waals surface area contributed by atoms with E-state index < -0.39 is 15.9 Å². The fraction of sp³-hybridized carbons (Fsp3) is 0.0714. The molecule has 0 radical (unpaired) electrons. The summed E-state index contributed by atoms with van der Waals surface area (Å²) >= 11 is 0. The summed E-state index contributed by atoms with van der Waals surface area (Å²) in [6.07, 6.45) is 1.15. The van der Waals surface area contributed by atoms with Crippen LogP contribution >= 0.6 is 0 Å². The van der Waals surface area contributed by atoms with Gasteiger partial charge in [-0.1, -0.05) is 17.3 Å². The summed E-state index contributed by atoms with van der Waals surface area (Å²) in [5.41, 5.74) is 6.20. The van der Waals surface area contributed by atoms with E-state index in [0.29, 0.717) is 11.1 Å². The number of aromatic nitrogens is 2. The van der Waals surface area contributed by atoms with Crippen LogP contribution in [0.2, 0.25) is 0 Å². The number of amides is 1. The molecule has 0 saturated carbocycles. The molecule has 0 spiro atoms. The second kappa shape index (κ2) is 5.36. The van der Waals surface area contributed by atoms with Crippen molar-refractivity contribution in [3.8, 4) is 0 Å². The van der Waals surface area contributed by atoms with Gasteiger partial charge in [-0.05, 0) is 25.1 Å². The topological polar surface area (TPSA) is 128 Å². The molecule has 8 nitrogen and oxygen atoms in total. The molecule has 3 aromatic rings. The highest BCUT2D eigenvalue weighted by Crippen LogP contribution is 2.23. The first-order valence-electron chi connectivity index (χ1n) is 6.52. The number of aryl methyl sites for hydroxylation is 1. The number of nitrogens with zero attached hydrogens (tertiary/aromatic N) is 2. The van der Waals surface area contributed by atoms with E-state index in [-0.39, 0.29) is 21.9 Å². The summed E-state index contributed by atoms with van der Waals surface area (Å²) < 4.78 is 32.3. The molecule has 0 aliphatic heterocycles. The highest BCUT2D eigenvalue weighted by atomic mass is 32.2. The van der Waals surface area contributed by atoms with E-state index in [1.165, 1.54) is 18.2 Å². The number of carbonyl (C=O) groups excluding carboxylic acids is 1. The van der Waals surface area contributed by atoms with Crippen molar-refractivity contribution >= 4 is 32.7 Å². The molecule has 0 aliphatic rings. The van der Waals surface area contributed by atoms with Crippen molar-refractivity contribution in [3.05, 3.63) is 47.8 Å². The lowest BCUT2D eigenvalue weighted by Crippen LogP contribution is -2.18. The van der Waals surface area contributed by atoms with Crippen LogP contribution in [0.4, 0.5) is 5.69 Å². The van der Waals surface area contributed by atoms with Crippen LogP contribution in [0.15, 0.2) is 45.9 Å². The maximum atomic E-state index is 12.5. The van der Waals surface area contributed by atoms with E-state index in [4.69, 9.17) is 10.3 Å². The summed E-state index contributed by atoms with van der Waals surface area (Å²) in [5, 5.41) is 4.22. The number of carbonyl (C=O) groups is 1. The van der Waals surface area contributed by atoms with Crippen LogP contribution in [0.5, 0.6) is 0 Å². The molecule has 0 fully saturated rings. The SMILES string of the molecule is Cc1noc2ncc(S(=O)(=O)Nc3ccccc3C(N)=O)cc12. The number of hydrogen-bond donors (Lipinski definition) is 2. The molecular formula is C14H12N4O4S. The van der Waals surface area contributed by atoms with Gasteiger partial charge in [0.05, 0.1) is 28.5 Å². The predicted octanol–water partition coefficient (Wildman–Crippen LogP) is 1.43. The molecule has 0 atom stereocenters. The third-order valence-corrected chi connectivity index (χ3v) is 4.56. The summed E-state index contributed by atoms with van der Waals surface area (Å²) in [7, 11) is -3.95. The zero-order valence-corrected chi connectivity index (χ0v) is 12.8. The number of para-hydroxylation sites is 1. The molecular weight excluding hydrogens is 320 g/mol. The van der Waals surface area contributed by atoms with Crippen molar-refractivity contribution in [2.45, 2.75) is 11.8 Å². The van der Waals surface area contributed by atoms with E-state index in [9.17, 15) is 13.2 Å². The fourth-order valence-electron chi connectivity index (χ4n) is 2.06. The minimum Gasteiger partial charge on any atom is -0.366 e. The summed E-state index contributed by atoms with van der Waals surface area (Å²) in [6, 6.07) is 7.48. The molecule has 1 amide bonds. The van der Waals surface area contributed by atoms with Gasteiger partial charge in [-0.3, -0.25) is 9.52 Å². The zero-order chi connectivity index (χ0) is 16.6. The molecule has 0 bridgehead atoms. The first-order valence-corrected chi connectivity index (χ1v) is 8.00. The highest BCUT2D eigenvalue weighted by molar-refractivity contribution is 7.92. The molecule has 0 saturated heterocycles. The van der Waals surface area contributed by atoms with Gasteiger partial charge in [0.2, 0.25) is 0 Å². The fourth-order valence-corrected chi connectivity index (χ4v) is 3.11. The number of benzene rings is 1. The van der Waals surface area contributed by atoms with E-state index >= 15 is 0 Å². The predicted molar refractivity (Wildman–Crippen MR) is 82.3 cm³/mol. The van der Waals surface area contributed by atoms with Crippen LogP contribution in [0.3, 0.4) is 0 Å². The first-order chi connectivity index (χ1) is 10.9. The average Bonchev–Trinajstić information content (AvgIpc) is 2.88. The van der Waals surface area contributed by atoms with Crippen LogP contribution in [0, 0.1) is 6.92 Å². The molecule has 0 unspecified atom stereocenters. The Hall–Kier alpha value is -2.94. The van der Waals surface area contributed by atoms with Crippen LogP contribution in [0.1, 0.15) is 16.1 Å². The Morgan fingerprint density at radius 1 is 1.30 bits per heavy atom. The van der Waals surface area contributed by atoms with Gasteiger partial charge in [-0.15, -0.1) is 0 Å². The van der Waals surface area contributed by atoms with Gasteiger partial charge in [0.15, 0.2) is 0 Å². The number of anilines is 1. The van der Waals surface area contributed by atoms with Crippen LogP contribution in [0.25, 0.3) is 11.1 Å². The van der Waals surface area contributed by atoms with Crippen LogP contribution in [-0.2, 0) is 10.0 Å². The Kier molecular flexibility index (Phi) is 3.49. The van der Waals surface area contributed by atoms with E-state index in [1.807, 2.05) is 0 Å². The number of nitrogens with one attached hydrogen (secondary N) is 1.